The Morgan fingerprint density at radius 2 is 1.89 bits per heavy atom. The lowest BCUT2D eigenvalue weighted by Gasteiger charge is -2.39. The first-order valence-corrected chi connectivity index (χ1v) is 8.33. The first kappa shape index (κ1) is 15.3. The fourth-order valence-corrected chi connectivity index (χ4v) is 3.95. The molecule has 0 radical (unpaired) electrons. The van der Waals surface area contributed by atoms with E-state index in [0.717, 1.165) is 38.3 Å². The lowest BCUT2D eigenvalue weighted by atomic mass is 9.86. The third kappa shape index (κ3) is 5.05. The highest BCUT2D eigenvalue weighted by Crippen LogP contribution is 2.27. The Balaban J connectivity index is 1.79. The van der Waals surface area contributed by atoms with E-state index in [9.17, 15) is 5.11 Å². The average molecular weight is 268 g/mol. The molecule has 2 rings (SSSR count). The molecule has 2 aliphatic rings. The number of hydrogen-bond donors (Lipinski definition) is 2. The monoisotopic (exact) mass is 268 g/mol. The molecule has 3 nitrogen and oxygen atoms in total. The van der Waals surface area contributed by atoms with Crippen molar-refractivity contribution < 1.29 is 5.11 Å². The fraction of sp³-hybridized carbons (Fsp3) is 1.00. The number of nitrogens with two attached hydrogens (primary N) is 1. The quantitative estimate of drug-likeness (QED) is 0.805. The van der Waals surface area contributed by atoms with E-state index in [1.807, 2.05) is 0 Å². The van der Waals surface area contributed by atoms with Crippen LogP contribution >= 0.6 is 0 Å². The van der Waals surface area contributed by atoms with Crippen LogP contribution in [0.4, 0.5) is 0 Å². The second-order valence-electron chi connectivity index (χ2n) is 6.88. The Morgan fingerprint density at radius 1 is 1.16 bits per heavy atom. The van der Waals surface area contributed by atoms with E-state index in [1.54, 1.807) is 0 Å². The van der Waals surface area contributed by atoms with Crippen LogP contribution in [0.1, 0.15) is 58.3 Å². The van der Waals surface area contributed by atoms with Crippen LogP contribution in [0, 0.1) is 11.8 Å². The Hall–Kier alpha value is -0.120. The second kappa shape index (κ2) is 7.61. The summed E-state index contributed by atoms with van der Waals surface area (Å²) in [6.45, 7) is 5.52. The van der Waals surface area contributed by atoms with Gasteiger partial charge in [-0.25, -0.2) is 0 Å². The molecule has 3 unspecified atom stereocenters. The molecule has 0 amide bonds. The molecule has 19 heavy (non-hydrogen) atoms. The van der Waals surface area contributed by atoms with Gasteiger partial charge < -0.3 is 15.7 Å². The number of rotatable bonds is 5. The molecule has 2 fully saturated rings. The third-order valence-electron chi connectivity index (χ3n) is 4.96. The second-order valence-corrected chi connectivity index (χ2v) is 6.88. The minimum absolute atomic E-state index is 0.133. The maximum absolute atomic E-state index is 9.84. The summed E-state index contributed by atoms with van der Waals surface area (Å²) in [5, 5.41) is 9.84. The van der Waals surface area contributed by atoms with Gasteiger partial charge in [0.2, 0.25) is 0 Å². The molecule has 3 atom stereocenters. The van der Waals surface area contributed by atoms with Crippen LogP contribution < -0.4 is 5.73 Å². The van der Waals surface area contributed by atoms with Crippen LogP contribution in [0.2, 0.25) is 0 Å². The predicted octanol–water partition coefficient (Wildman–Crippen LogP) is 2.38. The summed E-state index contributed by atoms with van der Waals surface area (Å²) in [6, 6.07) is 0.311. The molecule has 1 saturated carbocycles. The van der Waals surface area contributed by atoms with E-state index in [0.29, 0.717) is 12.0 Å². The van der Waals surface area contributed by atoms with Gasteiger partial charge in [-0.15, -0.1) is 0 Å². The van der Waals surface area contributed by atoms with E-state index in [4.69, 9.17) is 5.73 Å². The standard InChI is InChI=1S/C16H32N2O/c1-2-16(19)9-14-8-15(17)12-18(11-14)10-13-6-4-3-5-7-13/h13-16,19H,2-12,17H2,1H3. The van der Waals surface area contributed by atoms with Gasteiger partial charge in [-0.2, -0.15) is 0 Å². The van der Waals surface area contributed by atoms with Crippen LogP contribution in [0.3, 0.4) is 0 Å². The summed E-state index contributed by atoms with van der Waals surface area (Å²) in [4.78, 5) is 2.58. The topological polar surface area (TPSA) is 49.5 Å². The minimum Gasteiger partial charge on any atom is -0.393 e. The van der Waals surface area contributed by atoms with Crippen LogP contribution in [-0.4, -0.2) is 41.8 Å². The molecule has 0 aromatic rings. The number of nitrogens with zero attached hydrogens (tertiary/aromatic N) is 1. The van der Waals surface area contributed by atoms with Gasteiger partial charge in [0.15, 0.2) is 0 Å². The van der Waals surface area contributed by atoms with E-state index >= 15 is 0 Å². The molecule has 3 heteroatoms. The molecule has 112 valence electrons. The van der Waals surface area contributed by atoms with E-state index in [1.165, 1.54) is 38.6 Å². The number of hydrogen-bond acceptors (Lipinski definition) is 3. The van der Waals surface area contributed by atoms with Crippen molar-refractivity contribution in [3.8, 4) is 0 Å². The molecular weight excluding hydrogens is 236 g/mol. The highest BCUT2D eigenvalue weighted by Gasteiger charge is 2.28. The Kier molecular flexibility index (Phi) is 6.11. The van der Waals surface area contributed by atoms with E-state index < -0.39 is 0 Å². The predicted molar refractivity (Wildman–Crippen MR) is 80.0 cm³/mol. The van der Waals surface area contributed by atoms with Crippen molar-refractivity contribution in [2.24, 2.45) is 17.6 Å². The minimum atomic E-state index is -0.133. The van der Waals surface area contributed by atoms with Gasteiger partial charge >= 0.3 is 0 Å². The Morgan fingerprint density at radius 3 is 2.58 bits per heavy atom. The van der Waals surface area contributed by atoms with E-state index in [-0.39, 0.29) is 6.10 Å². The third-order valence-corrected chi connectivity index (χ3v) is 4.96. The molecule has 0 bridgehead atoms. The SMILES string of the molecule is CCC(O)CC1CC(N)CN(CC2CCCCC2)C1. The van der Waals surface area contributed by atoms with Crippen LogP contribution in [0.5, 0.6) is 0 Å². The lowest BCUT2D eigenvalue weighted by molar-refractivity contribution is 0.0792. The van der Waals surface area contributed by atoms with Gasteiger partial charge in [-0.3, -0.25) is 0 Å². The Bertz CT molecular complexity index is 253. The molecular formula is C16H32N2O. The van der Waals surface area contributed by atoms with Crippen molar-refractivity contribution in [1.29, 1.82) is 0 Å². The number of aliphatic hydroxyl groups excluding tert-OH is 1. The first-order chi connectivity index (χ1) is 9.17. The maximum Gasteiger partial charge on any atom is 0.0540 e. The Labute approximate surface area is 118 Å². The van der Waals surface area contributed by atoms with Crippen LogP contribution in [0.25, 0.3) is 0 Å². The van der Waals surface area contributed by atoms with Gasteiger partial charge in [0.1, 0.15) is 0 Å². The average Bonchev–Trinajstić information content (AvgIpc) is 2.39. The van der Waals surface area contributed by atoms with Crippen LogP contribution in [0.15, 0.2) is 0 Å². The zero-order chi connectivity index (χ0) is 13.7. The van der Waals surface area contributed by atoms with Crippen molar-refractivity contribution >= 4 is 0 Å². The van der Waals surface area contributed by atoms with Gasteiger partial charge in [-0.1, -0.05) is 26.2 Å². The van der Waals surface area contributed by atoms with Crippen LogP contribution in [-0.2, 0) is 0 Å². The van der Waals surface area contributed by atoms with E-state index in [2.05, 4.69) is 11.8 Å². The fourth-order valence-electron chi connectivity index (χ4n) is 3.95. The van der Waals surface area contributed by atoms with Crippen molar-refractivity contribution in [1.82, 2.24) is 4.90 Å². The molecule has 3 N–H and O–H groups in total. The van der Waals surface area contributed by atoms with Gasteiger partial charge in [0, 0.05) is 25.7 Å². The highest BCUT2D eigenvalue weighted by molar-refractivity contribution is 4.84. The first-order valence-electron chi connectivity index (χ1n) is 8.33. The number of piperidine rings is 1. The molecule has 0 aromatic carbocycles. The maximum atomic E-state index is 9.84. The molecule has 1 saturated heterocycles. The highest BCUT2D eigenvalue weighted by atomic mass is 16.3. The van der Waals surface area contributed by atoms with Gasteiger partial charge in [0.25, 0.3) is 0 Å². The normalized spacial score (nSPS) is 32.4. The van der Waals surface area contributed by atoms with Gasteiger partial charge in [0.05, 0.1) is 6.10 Å². The molecule has 0 spiro atoms. The molecule has 1 aliphatic carbocycles. The molecule has 0 aromatic heterocycles. The smallest absolute Gasteiger partial charge is 0.0540 e. The molecule has 1 aliphatic heterocycles. The summed E-state index contributed by atoms with van der Waals surface area (Å²) in [7, 11) is 0. The summed E-state index contributed by atoms with van der Waals surface area (Å²) >= 11 is 0. The largest absolute Gasteiger partial charge is 0.393 e. The zero-order valence-electron chi connectivity index (χ0n) is 12.6. The zero-order valence-corrected chi connectivity index (χ0v) is 12.6. The summed E-state index contributed by atoms with van der Waals surface area (Å²) in [6.07, 6.45) is 9.86. The van der Waals surface area contributed by atoms with Crippen molar-refractivity contribution in [3.05, 3.63) is 0 Å². The van der Waals surface area contributed by atoms with Crippen molar-refractivity contribution in [2.45, 2.75) is 70.4 Å². The lowest BCUT2D eigenvalue weighted by Crippen LogP contribution is -2.49. The summed E-state index contributed by atoms with van der Waals surface area (Å²) in [5.41, 5.74) is 6.21. The number of likely N-dealkylation sites (tertiary alicyclic amines) is 1. The summed E-state index contributed by atoms with van der Waals surface area (Å²) < 4.78 is 0. The molecule has 1 heterocycles. The summed E-state index contributed by atoms with van der Waals surface area (Å²) in [5.74, 6) is 1.50. The number of aliphatic hydroxyl groups is 1. The van der Waals surface area contributed by atoms with Gasteiger partial charge in [-0.05, 0) is 43.9 Å². The van der Waals surface area contributed by atoms with Crippen molar-refractivity contribution in [2.75, 3.05) is 19.6 Å². The van der Waals surface area contributed by atoms with Crippen molar-refractivity contribution in [3.63, 3.8) is 0 Å².